The molecule has 0 radical (unpaired) electrons. The summed E-state index contributed by atoms with van der Waals surface area (Å²) in [6.45, 7) is 0. The van der Waals surface area contributed by atoms with Crippen molar-refractivity contribution in [3.8, 4) is 5.75 Å². The maximum Gasteiger partial charge on any atom is 0.271 e. The summed E-state index contributed by atoms with van der Waals surface area (Å²) in [6, 6.07) is 2.31. The molecule has 8 nitrogen and oxygen atoms in total. The third-order valence-electron chi connectivity index (χ3n) is 6.43. The van der Waals surface area contributed by atoms with Gasteiger partial charge in [0.1, 0.15) is 5.75 Å². The van der Waals surface area contributed by atoms with Crippen LogP contribution in [0, 0.1) is 39.2 Å². The summed E-state index contributed by atoms with van der Waals surface area (Å²) in [5.41, 5.74) is -0.0805. The lowest BCUT2D eigenvalue weighted by Gasteiger charge is -2.18. The number of hydrogen-bond donors (Lipinski definition) is 1. The molecule has 138 valence electrons. The number of nitro groups is 1. The minimum Gasteiger partial charge on any atom is -0.506 e. The van der Waals surface area contributed by atoms with Crippen LogP contribution in [-0.2, 0) is 9.59 Å². The zero-order chi connectivity index (χ0) is 19.1. The summed E-state index contributed by atoms with van der Waals surface area (Å²) in [5, 5.41) is 25.9. The minimum absolute atomic E-state index is 0.0495. The number of nitrogens with zero attached hydrogens (tertiary/aromatic N) is 3. The Bertz CT molecular complexity index is 949. The Kier molecular flexibility index (Phi) is 3.23. The predicted octanol–water partition coefficient (Wildman–Crippen LogP) is 2.59. The molecule has 2 saturated carbocycles. The van der Waals surface area contributed by atoms with Crippen LogP contribution in [0.3, 0.4) is 0 Å². The molecule has 1 aromatic carbocycles. The lowest BCUT2D eigenvalue weighted by Crippen LogP contribution is -2.30. The van der Waals surface area contributed by atoms with Gasteiger partial charge in [-0.3, -0.25) is 19.7 Å². The molecule has 4 aliphatic rings. The molecule has 2 bridgehead atoms. The van der Waals surface area contributed by atoms with E-state index in [0.29, 0.717) is 0 Å². The van der Waals surface area contributed by atoms with E-state index in [4.69, 9.17) is 0 Å². The molecule has 27 heavy (non-hydrogen) atoms. The Morgan fingerprint density at radius 3 is 2.33 bits per heavy atom. The van der Waals surface area contributed by atoms with Crippen LogP contribution in [0.15, 0.2) is 33.9 Å². The molecule has 1 aliphatic heterocycles. The topological polar surface area (TPSA) is 113 Å². The predicted molar refractivity (Wildman–Crippen MR) is 96.7 cm³/mol. The molecule has 1 aromatic rings. The fourth-order valence-corrected chi connectivity index (χ4v) is 5.57. The molecule has 0 aromatic heterocycles. The van der Waals surface area contributed by atoms with Gasteiger partial charge in [0.05, 0.1) is 27.4 Å². The number of imide groups is 1. The lowest BCUT2D eigenvalue weighted by atomic mass is 9.85. The number of carbonyl (C=O) groups excluding carboxylic acids is 2. The van der Waals surface area contributed by atoms with Gasteiger partial charge in [-0.15, -0.1) is 0 Å². The average Bonchev–Trinajstić information content (AvgIpc) is 3.23. The highest BCUT2D eigenvalue weighted by Gasteiger charge is 2.73. The van der Waals surface area contributed by atoms with Gasteiger partial charge in [0, 0.05) is 17.7 Å². The number of hydrogen-bond acceptors (Lipinski definition) is 6. The standard InChI is InChI=1S/C18H14BrN3O5/c19-12-6-9(22(26)27)5-8(15(12)23)7-20-21-16(24)13-10-1-2-11(14(13)17(21)25)18(10)3-4-18/h1-2,5-7,10-11,13-14,23H,3-4H2/b20-7-/t10-,11-,13+,14+/m1/s1. The number of fused-ring (bicyclic) bond motifs is 3. The van der Waals surface area contributed by atoms with E-state index in [2.05, 4.69) is 33.2 Å². The highest BCUT2D eigenvalue weighted by Crippen LogP contribution is 2.73. The smallest absolute Gasteiger partial charge is 0.271 e. The van der Waals surface area contributed by atoms with Gasteiger partial charge >= 0.3 is 0 Å². The van der Waals surface area contributed by atoms with E-state index in [1.54, 1.807) is 0 Å². The first-order chi connectivity index (χ1) is 12.8. The first-order valence-corrected chi connectivity index (χ1v) is 9.41. The summed E-state index contributed by atoms with van der Waals surface area (Å²) in [4.78, 5) is 36.0. The largest absolute Gasteiger partial charge is 0.506 e. The number of amides is 2. The number of rotatable bonds is 3. The summed E-state index contributed by atoms with van der Waals surface area (Å²) in [7, 11) is 0. The fraction of sp³-hybridized carbons (Fsp3) is 0.389. The van der Waals surface area contributed by atoms with Crippen molar-refractivity contribution in [1.29, 1.82) is 0 Å². The van der Waals surface area contributed by atoms with Crippen molar-refractivity contribution >= 4 is 39.6 Å². The second-order valence-electron chi connectivity index (χ2n) is 7.58. The van der Waals surface area contributed by atoms with Gasteiger partial charge in [0.25, 0.3) is 17.5 Å². The summed E-state index contributed by atoms with van der Waals surface area (Å²) >= 11 is 3.05. The van der Waals surface area contributed by atoms with Gasteiger partial charge < -0.3 is 5.11 Å². The van der Waals surface area contributed by atoms with Crippen LogP contribution in [0.25, 0.3) is 0 Å². The third kappa shape index (κ3) is 2.06. The SMILES string of the molecule is O=C1[C@@H]2[C@@H](C(=O)N1/N=C\c1cc([N+](=O)[O-])cc(Br)c1O)[C@H]1C=C[C@H]2C12CC2. The van der Waals surface area contributed by atoms with Gasteiger partial charge in [0.15, 0.2) is 0 Å². The third-order valence-corrected chi connectivity index (χ3v) is 7.03. The van der Waals surface area contributed by atoms with E-state index < -0.39 is 4.92 Å². The average molecular weight is 432 g/mol. The Hall–Kier alpha value is -2.55. The van der Waals surface area contributed by atoms with Gasteiger partial charge in [-0.05, 0) is 46.0 Å². The Morgan fingerprint density at radius 1 is 1.22 bits per heavy atom. The van der Waals surface area contributed by atoms with Crippen LogP contribution in [0.5, 0.6) is 5.75 Å². The lowest BCUT2D eigenvalue weighted by molar-refractivity contribution is -0.385. The van der Waals surface area contributed by atoms with E-state index in [1.807, 2.05) is 0 Å². The van der Waals surface area contributed by atoms with Crippen molar-refractivity contribution < 1.29 is 19.6 Å². The summed E-state index contributed by atoms with van der Waals surface area (Å²) in [6.07, 6.45) is 7.37. The molecule has 9 heteroatoms. The van der Waals surface area contributed by atoms with Crippen molar-refractivity contribution in [2.75, 3.05) is 0 Å². The van der Waals surface area contributed by atoms with E-state index >= 15 is 0 Å². The number of phenolic OH excluding ortho intramolecular Hbond substituents is 1. The monoisotopic (exact) mass is 431 g/mol. The maximum atomic E-state index is 12.8. The number of carbonyl (C=O) groups is 2. The molecular weight excluding hydrogens is 418 g/mol. The molecule has 4 atom stereocenters. The van der Waals surface area contributed by atoms with Crippen molar-refractivity contribution in [3.63, 3.8) is 0 Å². The highest BCUT2D eigenvalue weighted by molar-refractivity contribution is 9.10. The van der Waals surface area contributed by atoms with Crippen molar-refractivity contribution in [2.45, 2.75) is 12.8 Å². The van der Waals surface area contributed by atoms with E-state index in [0.717, 1.165) is 30.1 Å². The number of hydrazone groups is 1. The number of allylic oxidation sites excluding steroid dienone is 2. The zero-order valence-corrected chi connectivity index (χ0v) is 15.5. The van der Waals surface area contributed by atoms with E-state index in [1.165, 1.54) is 6.07 Å². The van der Waals surface area contributed by atoms with Crippen LogP contribution in [-0.4, -0.2) is 33.1 Å². The summed E-state index contributed by atoms with van der Waals surface area (Å²) < 4.78 is 0.131. The van der Waals surface area contributed by atoms with Gasteiger partial charge in [0.2, 0.25) is 0 Å². The fourth-order valence-electron chi connectivity index (χ4n) is 5.11. The van der Waals surface area contributed by atoms with Crippen LogP contribution in [0.4, 0.5) is 5.69 Å². The molecule has 3 fully saturated rings. The van der Waals surface area contributed by atoms with Crippen molar-refractivity contribution in [1.82, 2.24) is 5.01 Å². The first kappa shape index (κ1) is 16.6. The molecule has 1 heterocycles. The van der Waals surface area contributed by atoms with Gasteiger partial charge in [-0.1, -0.05) is 12.2 Å². The van der Waals surface area contributed by atoms with Crippen LogP contribution >= 0.6 is 15.9 Å². The number of halogens is 1. The summed E-state index contributed by atoms with van der Waals surface area (Å²) in [5.74, 6) is -1.42. The number of non-ortho nitro benzene ring substituents is 1. The van der Waals surface area contributed by atoms with E-state index in [9.17, 15) is 24.8 Å². The molecule has 1 N–H and O–H groups in total. The number of phenols is 1. The second-order valence-corrected chi connectivity index (χ2v) is 8.43. The minimum atomic E-state index is -0.601. The highest BCUT2D eigenvalue weighted by atomic mass is 79.9. The molecule has 3 aliphatic carbocycles. The Morgan fingerprint density at radius 2 is 1.81 bits per heavy atom. The van der Waals surface area contributed by atoms with Gasteiger partial charge in [-0.2, -0.15) is 10.1 Å². The molecule has 0 unspecified atom stereocenters. The Balaban J connectivity index is 1.46. The van der Waals surface area contributed by atoms with Crippen LogP contribution in [0.1, 0.15) is 18.4 Å². The Labute approximate surface area is 161 Å². The van der Waals surface area contributed by atoms with Crippen molar-refractivity contribution in [2.24, 2.45) is 34.2 Å². The molecule has 5 rings (SSSR count). The molecule has 1 saturated heterocycles. The van der Waals surface area contributed by atoms with Crippen LogP contribution < -0.4 is 0 Å². The van der Waals surface area contributed by atoms with E-state index in [-0.39, 0.29) is 62.4 Å². The maximum absolute atomic E-state index is 12.8. The van der Waals surface area contributed by atoms with Crippen molar-refractivity contribution in [3.05, 3.63) is 44.4 Å². The molecule has 2 amide bonds. The number of aromatic hydroxyl groups is 1. The number of nitro benzene ring substituents is 1. The number of benzene rings is 1. The first-order valence-electron chi connectivity index (χ1n) is 8.62. The van der Waals surface area contributed by atoms with Crippen LogP contribution in [0.2, 0.25) is 0 Å². The molecule has 1 spiro atoms. The normalized spacial score (nSPS) is 32.1. The quantitative estimate of drug-likeness (QED) is 0.259. The zero-order valence-electron chi connectivity index (χ0n) is 13.9. The van der Waals surface area contributed by atoms with Gasteiger partial charge in [-0.25, -0.2) is 0 Å². The molecular formula is C18H14BrN3O5. The second kappa shape index (κ2) is 5.25.